The molecule has 5 unspecified atom stereocenters. The Bertz CT molecular complexity index is 491. The molecule has 7 nitrogen and oxygen atoms in total. The average molecular weight is 292 g/mol. The predicted octanol–water partition coefficient (Wildman–Crippen LogP) is 0.131. The van der Waals surface area contributed by atoms with Gasteiger partial charge in [0.05, 0.1) is 5.92 Å². The van der Waals surface area contributed by atoms with Gasteiger partial charge in [0.1, 0.15) is 12.2 Å². The highest BCUT2D eigenvalue weighted by Crippen LogP contribution is 2.55. The van der Waals surface area contributed by atoms with Gasteiger partial charge in [0, 0.05) is 11.8 Å². The lowest BCUT2D eigenvalue weighted by molar-refractivity contribution is -0.258. The van der Waals surface area contributed by atoms with Gasteiger partial charge in [-0.2, -0.15) is 14.0 Å². The van der Waals surface area contributed by atoms with Crippen LogP contribution in [-0.4, -0.2) is 41.3 Å². The van der Waals surface area contributed by atoms with Gasteiger partial charge in [-0.15, -0.1) is 0 Å². The van der Waals surface area contributed by atoms with Crippen molar-refractivity contribution < 1.29 is 42.8 Å². The van der Waals surface area contributed by atoms with Crippen LogP contribution in [0.2, 0.25) is 0 Å². The van der Waals surface area contributed by atoms with Crippen LogP contribution in [0.1, 0.15) is 12.8 Å². The molecule has 110 valence electrons. The van der Waals surface area contributed by atoms with Gasteiger partial charge in [-0.3, -0.25) is 9.68 Å². The lowest BCUT2D eigenvalue weighted by Crippen LogP contribution is -2.45. The molecular weight excluding hydrogens is 282 g/mol. The van der Waals surface area contributed by atoms with Gasteiger partial charge < -0.3 is 9.47 Å². The smallest absolute Gasteiger partial charge is 0.440 e. The number of esters is 2. The molecule has 3 aliphatic rings. The Kier molecular flexibility index (Phi) is 2.72. The summed E-state index contributed by atoms with van der Waals surface area (Å²) in [6.07, 6.45) is -0.716. The first-order valence-corrected chi connectivity index (χ1v) is 6.01. The Labute approximate surface area is 110 Å². The molecule has 2 bridgehead atoms. The molecule has 0 aromatic carbocycles. The molecule has 2 saturated carbocycles. The van der Waals surface area contributed by atoms with Crippen molar-refractivity contribution in [2.24, 2.45) is 17.8 Å². The molecule has 0 radical (unpaired) electrons. The number of rotatable bonds is 3. The first-order valence-electron chi connectivity index (χ1n) is 6.01. The Hall–Kier alpha value is -1.77. The lowest BCUT2D eigenvalue weighted by Gasteiger charge is -2.26. The molecule has 2 aliphatic carbocycles. The summed E-state index contributed by atoms with van der Waals surface area (Å²) in [5, 5.41) is 7.92. The van der Waals surface area contributed by atoms with Gasteiger partial charge >= 0.3 is 23.8 Å². The first kappa shape index (κ1) is 13.2. The van der Waals surface area contributed by atoms with E-state index < -0.39 is 36.0 Å². The summed E-state index contributed by atoms with van der Waals surface area (Å²) >= 11 is 0. The van der Waals surface area contributed by atoms with Gasteiger partial charge in [0.25, 0.3) is 0 Å². The van der Waals surface area contributed by atoms with Crippen LogP contribution in [0.3, 0.4) is 0 Å². The maximum Gasteiger partial charge on any atom is 0.440 e. The van der Waals surface area contributed by atoms with Crippen LogP contribution in [0.4, 0.5) is 8.78 Å². The third-order valence-electron chi connectivity index (χ3n) is 4.25. The molecule has 1 saturated heterocycles. The van der Waals surface area contributed by atoms with Crippen LogP contribution in [0.5, 0.6) is 0 Å². The van der Waals surface area contributed by atoms with Crippen molar-refractivity contribution >= 4 is 17.9 Å². The molecule has 3 fully saturated rings. The molecule has 5 atom stereocenters. The minimum atomic E-state index is -4.60. The second kappa shape index (κ2) is 4.11. The zero-order valence-electron chi connectivity index (χ0n) is 9.95. The highest BCUT2D eigenvalue weighted by molar-refractivity contribution is 6.01. The van der Waals surface area contributed by atoms with Crippen molar-refractivity contribution in [2.45, 2.75) is 31.0 Å². The van der Waals surface area contributed by atoms with E-state index in [-0.39, 0.29) is 17.8 Å². The second-order valence-electron chi connectivity index (χ2n) is 5.23. The van der Waals surface area contributed by atoms with Gasteiger partial charge in [-0.25, -0.2) is 9.59 Å². The van der Waals surface area contributed by atoms with Crippen molar-refractivity contribution in [3.8, 4) is 0 Å². The summed E-state index contributed by atoms with van der Waals surface area (Å²) in [7, 11) is 0. The fourth-order valence-electron chi connectivity index (χ4n) is 3.40. The molecular formula is C11H10F2O7. The van der Waals surface area contributed by atoms with E-state index in [0.29, 0.717) is 12.8 Å². The largest absolute Gasteiger partial charge is 0.458 e. The maximum absolute atomic E-state index is 13.2. The highest BCUT2D eigenvalue weighted by Gasteiger charge is 2.64. The van der Waals surface area contributed by atoms with Crippen LogP contribution in [0.25, 0.3) is 0 Å². The Morgan fingerprint density at radius 2 is 2.00 bits per heavy atom. The molecule has 1 N–H and O–H groups in total. The number of halogens is 2. The van der Waals surface area contributed by atoms with E-state index in [1.54, 1.807) is 0 Å². The zero-order valence-corrected chi connectivity index (χ0v) is 9.95. The number of ether oxygens (including phenoxy) is 2. The fourth-order valence-corrected chi connectivity index (χ4v) is 3.40. The molecule has 9 heteroatoms. The van der Waals surface area contributed by atoms with Crippen LogP contribution in [-0.2, 0) is 28.7 Å². The van der Waals surface area contributed by atoms with Gasteiger partial charge in [0.15, 0.2) is 0 Å². The molecule has 1 aliphatic heterocycles. The standard InChI is InChI=1S/C11H10F2O7/c12-11(13,10(16)20-17)9(15)19-6-3-1-4-5(2-3)8(14)18-7(4)6/h3-7,17H,1-2H2. The Morgan fingerprint density at radius 3 is 2.65 bits per heavy atom. The van der Waals surface area contributed by atoms with Crippen molar-refractivity contribution in [2.75, 3.05) is 0 Å². The van der Waals surface area contributed by atoms with Crippen LogP contribution < -0.4 is 0 Å². The number of fused-ring (bicyclic) bond motifs is 1. The number of carbonyl (C=O) groups excluding carboxylic acids is 3. The minimum Gasteiger partial charge on any atom is -0.458 e. The van der Waals surface area contributed by atoms with E-state index in [2.05, 4.69) is 9.62 Å². The first-order chi connectivity index (χ1) is 9.36. The normalized spacial score (nSPS) is 37.8. The molecule has 1 heterocycles. The molecule has 0 aromatic rings. The summed E-state index contributed by atoms with van der Waals surface area (Å²) in [4.78, 5) is 36.3. The van der Waals surface area contributed by atoms with Crippen LogP contribution in [0, 0.1) is 17.8 Å². The van der Waals surface area contributed by atoms with Crippen molar-refractivity contribution in [1.82, 2.24) is 0 Å². The molecule has 0 spiro atoms. The third kappa shape index (κ3) is 1.62. The van der Waals surface area contributed by atoms with Crippen molar-refractivity contribution in [3.05, 3.63) is 0 Å². The van der Waals surface area contributed by atoms with E-state index in [4.69, 9.17) is 9.99 Å². The van der Waals surface area contributed by atoms with E-state index >= 15 is 0 Å². The fraction of sp³-hybridized carbons (Fsp3) is 0.727. The average Bonchev–Trinajstić information content (AvgIpc) is 3.02. The SMILES string of the molecule is O=C1OC2C3CC(CC13)C2OC(=O)C(F)(F)C(=O)OO. The lowest BCUT2D eigenvalue weighted by atomic mass is 9.88. The van der Waals surface area contributed by atoms with Gasteiger partial charge in [0.2, 0.25) is 0 Å². The molecule has 20 heavy (non-hydrogen) atoms. The number of alkyl halides is 2. The van der Waals surface area contributed by atoms with Gasteiger partial charge in [-0.1, -0.05) is 0 Å². The third-order valence-corrected chi connectivity index (χ3v) is 4.25. The summed E-state index contributed by atoms with van der Waals surface area (Å²) in [6, 6.07) is 0. The maximum atomic E-state index is 13.2. The zero-order chi connectivity index (χ0) is 14.7. The van der Waals surface area contributed by atoms with E-state index in [9.17, 15) is 23.2 Å². The minimum absolute atomic E-state index is 0.122. The van der Waals surface area contributed by atoms with Crippen molar-refractivity contribution in [3.63, 3.8) is 0 Å². The predicted molar refractivity (Wildman–Crippen MR) is 53.1 cm³/mol. The summed E-state index contributed by atoms with van der Waals surface area (Å²) in [5.74, 6) is -10.1. The second-order valence-corrected chi connectivity index (χ2v) is 5.23. The summed E-state index contributed by atoms with van der Waals surface area (Å²) < 4.78 is 36.1. The summed E-state index contributed by atoms with van der Waals surface area (Å²) in [5.41, 5.74) is 0. The van der Waals surface area contributed by atoms with E-state index in [1.807, 2.05) is 0 Å². The Morgan fingerprint density at radius 1 is 1.30 bits per heavy atom. The monoisotopic (exact) mass is 292 g/mol. The number of carbonyl (C=O) groups is 3. The summed E-state index contributed by atoms with van der Waals surface area (Å²) in [6.45, 7) is 0. The van der Waals surface area contributed by atoms with E-state index in [0.717, 1.165) is 0 Å². The number of hydrogen-bond donors (Lipinski definition) is 1. The van der Waals surface area contributed by atoms with Crippen LogP contribution in [0.15, 0.2) is 0 Å². The molecule has 0 aromatic heterocycles. The topological polar surface area (TPSA) is 99.1 Å². The Balaban J connectivity index is 1.72. The molecule has 0 amide bonds. The quantitative estimate of drug-likeness (QED) is 0.259. The van der Waals surface area contributed by atoms with E-state index in [1.165, 1.54) is 0 Å². The van der Waals surface area contributed by atoms with Gasteiger partial charge in [-0.05, 0) is 12.8 Å². The van der Waals surface area contributed by atoms with Crippen LogP contribution >= 0.6 is 0 Å². The number of hydrogen-bond acceptors (Lipinski definition) is 7. The molecule has 3 rings (SSSR count). The highest BCUT2D eigenvalue weighted by atomic mass is 19.3. The van der Waals surface area contributed by atoms with Crippen molar-refractivity contribution in [1.29, 1.82) is 0 Å².